The Kier molecular flexibility index (Phi) is 8.67. The van der Waals surface area contributed by atoms with Crippen LogP contribution in [0.2, 0.25) is 5.02 Å². The van der Waals surface area contributed by atoms with Crippen molar-refractivity contribution in [1.82, 2.24) is 20.0 Å². The fourth-order valence-corrected chi connectivity index (χ4v) is 5.37. The number of nitrogens with one attached hydrogen (secondary N) is 1. The second-order valence-corrected chi connectivity index (χ2v) is 10.1. The van der Waals surface area contributed by atoms with Gasteiger partial charge >= 0.3 is 5.97 Å². The summed E-state index contributed by atoms with van der Waals surface area (Å²) in [5.41, 5.74) is 2.09. The molecule has 3 atom stereocenters. The fourth-order valence-electron chi connectivity index (χ4n) is 5.24. The molecule has 2 unspecified atom stereocenters. The molecule has 1 aliphatic heterocycles. The monoisotopic (exact) mass is 514 g/mol. The first-order valence-corrected chi connectivity index (χ1v) is 13.4. The number of ether oxygens (including phenoxy) is 1. The van der Waals surface area contributed by atoms with Crippen molar-refractivity contribution in [1.29, 1.82) is 0 Å². The van der Waals surface area contributed by atoms with Crippen molar-refractivity contribution in [2.75, 3.05) is 19.7 Å². The van der Waals surface area contributed by atoms with Gasteiger partial charge in [-0.1, -0.05) is 56.3 Å². The summed E-state index contributed by atoms with van der Waals surface area (Å²) in [4.78, 5) is 40.3. The van der Waals surface area contributed by atoms with Crippen LogP contribution in [0.25, 0.3) is 11.3 Å². The van der Waals surface area contributed by atoms with E-state index in [2.05, 4.69) is 12.2 Å². The van der Waals surface area contributed by atoms with Crippen molar-refractivity contribution >= 4 is 29.4 Å². The lowest BCUT2D eigenvalue weighted by Crippen LogP contribution is -2.50. The molecule has 1 aromatic carbocycles. The van der Waals surface area contributed by atoms with E-state index in [1.165, 1.54) is 0 Å². The summed E-state index contributed by atoms with van der Waals surface area (Å²) < 4.78 is 7.02. The highest BCUT2D eigenvalue weighted by molar-refractivity contribution is 6.30. The fraction of sp³-hybridized carbons (Fsp3) is 0.556. The summed E-state index contributed by atoms with van der Waals surface area (Å²) in [5.74, 6) is -1.04. The number of fused-ring (bicyclic) bond motifs is 1. The quantitative estimate of drug-likeness (QED) is 0.368. The number of nitrogens with zero attached hydrogens (tertiary/aromatic N) is 3. The van der Waals surface area contributed by atoms with Gasteiger partial charge in [0.25, 0.3) is 5.91 Å². The van der Waals surface area contributed by atoms with Gasteiger partial charge in [-0.05, 0) is 44.4 Å². The van der Waals surface area contributed by atoms with Gasteiger partial charge in [-0.2, -0.15) is 5.10 Å². The molecule has 2 aliphatic rings. The van der Waals surface area contributed by atoms with Gasteiger partial charge in [-0.15, -0.1) is 0 Å². The van der Waals surface area contributed by atoms with E-state index < -0.39 is 0 Å². The van der Waals surface area contributed by atoms with E-state index in [4.69, 9.17) is 21.4 Å². The molecule has 0 bridgehead atoms. The zero-order valence-electron chi connectivity index (χ0n) is 21.0. The molecule has 2 amide bonds. The molecule has 2 aromatic rings. The van der Waals surface area contributed by atoms with E-state index in [0.29, 0.717) is 36.0 Å². The number of esters is 1. The maximum Gasteiger partial charge on any atom is 0.311 e. The number of amides is 2. The van der Waals surface area contributed by atoms with Crippen molar-refractivity contribution in [3.05, 3.63) is 41.0 Å². The molecule has 1 saturated carbocycles. The van der Waals surface area contributed by atoms with Gasteiger partial charge in [0.1, 0.15) is 5.69 Å². The number of halogens is 1. The third-order valence-electron chi connectivity index (χ3n) is 7.09. The standard InChI is InChI=1S/C27H35ClN4O4/c1-3-5-6-8-20-16-31(17-25(33)29-22-10-7-9-21(22)27(35)36-4-2)26(34)24-15-23(30-32(20)24)18-11-13-19(28)14-12-18/h11-15,20-22H,3-10,16-17H2,1-2H3,(H,29,33)/t20?,21-,22?/m0/s1. The number of benzene rings is 1. The van der Waals surface area contributed by atoms with Crippen molar-refractivity contribution in [2.24, 2.45) is 5.92 Å². The predicted octanol–water partition coefficient (Wildman–Crippen LogP) is 4.63. The van der Waals surface area contributed by atoms with Crippen LogP contribution in [0.5, 0.6) is 0 Å². The van der Waals surface area contributed by atoms with E-state index in [0.717, 1.165) is 44.1 Å². The molecule has 0 radical (unpaired) electrons. The summed E-state index contributed by atoms with van der Waals surface area (Å²) in [7, 11) is 0. The maximum atomic E-state index is 13.4. The molecule has 1 aromatic heterocycles. The minimum atomic E-state index is -0.323. The average Bonchev–Trinajstić information content (AvgIpc) is 3.50. The first-order valence-electron chi connectivity index (χ1n) is 13.0. The summed E-state index contributed by atoms with van der Waals surface area (Å²) in [6.07, 6.45) is 6.41. The van der Waals surface area contributed by atoms with Gasteiger partial charge in [-0.3, -0.25) is 19.1 Å². The Bertz CT molecular complexity index is 1080. The molecule has 9 heteroatoms. The van der Waals surface area contributed by atoms with Gasteiger partial charge in [0, 0.05) is 23.2 Å². The third kappa shape index (κ3) is 5.91. The smallest absolute Gasteiger partial charge is 0.311 e. The average molecular weight is 515 g/mol. The second-order valence-electron chi connectivity index (χ2n) is 9.67. The Hall–Kier alpha value is -2.87. The van der Waals surface area contributed by atoms with Crippen molar-refractivity contribution < 1.29 is 19.1 Å². The zero-order valence-corrected chi connectivity index (χ0v) is 21.8. The lowest BCUT2D eigenvalue weighted by Gasteiger charge is -2.33. The number of aromatic nitrogens is 2. The second kappa shape index (κ2) is 11.9. The van der Waals surface area contributed by atoms with Crippen molar-refractivity contribution in [3.8, 4) is 11.3 Å². The van der Waals surface area contributed by atoms with E-state index in [-0.39, 0.29) is 42.3 Å². The molecule has 4 rings (SSSR count). The molecular formula is C27H35ClN4O4. The summed E-state index contributed by atoms with van der Waals surface area (Å²) in [5, 5.41) is 8.41. The highest BCUT2D eigenvalue weighted by Gasteiger charge is 2.37. The molecule has 0 saturated heterocycles. The van der Waals surface area contributed by atoms with Gasteiger partial charge in [0.2, 0.25) is 5.91 Å². The molecule has 0 spiro atoms. The Labute approximate surface area is 217 Å². The number of hydrogen-bond donors (Lipinski definition) is 1. The number of carbonyl (C=O) groups excluding carboxylic acids is 3. The van der Waals surface area contributed by atoms with Crippen molar-refractivity contribution in [2.45, 2.75) is 70.9 Å². The highest BCUT2D eigenvalue weighted by atomic mass is 35.5. The largest absolute Gasteiger partial charge is 0.466 e. The van der Waals surface area contributed by atoms with Gasteiger partial charge in [0.15, 0.2) is 0 Å². The van der Waals surface area contributed by atoms with E-state index >= 15 is 0 Å². The number of hydrogen-bond acceptors (Lipinski definition) is 5. The van der Waals surface area contributed by atoms with Crippen LogP contribution >= 0.6 is 11.6 Å². The Morgan fingerprint density at radius 2 is 1.94 bits per heavy atom. The molecule has 1 N–H and O–H groups in total. The topological polar surface area (TPSA) is 93.5 Å². The highest BCUT2D eigenvalue weighted by Crippen LogP contribution is 2.30. The Morgan fingerprint density at radius 3 is 2.67 bits per heavy atom. The summed E-state index contributed by atoms with van der Waals surface area (Å²) >= 11 is 6.04. The lowest BCUT2D eigenvalue weighted by molar-refractivity contribution is -0.148. The number of rotatable bonds is 10. The van der Waals surface area contributed by atoms with Crippen molar-refractivity contribution in [3.63, 3.8) is 0 Å². The summed E-state index contributed by atoms with van der Waals surface area (Å²) in [6.45, 7) is 4.64. The summed E-state index contributed by atoms with van der Waals surface area (Å²) in [6, 6.07) is 8.93. The van der Waals surface area contributed by atoms with Crippen LogP contribution in [-0.4, -0.2) is 58.2 Å². The van der Waals surface area contributed by atoms with E-state index in [1.807, 2.05) is 16.8 Å². The molecular weight excluding hydrogens is 480 g/mol. The minimum Gasteiger partial charge on any atom is -0.466 e. The molecule has 8 nitrogen and oxygen atoms in total. The van der Waals surface area contributed by atoms with Gasteiger partial charge in [-0.25, -0.2) is 0 Å². The van der Waals surface area contributed by atoms with Crippen LogP contribution in [0.4, 0.5) is 0 Å². The van der Waals surface area contributed by atoms with Crippen LogP contribution < -0.4 is 5.32 Å². The third-order valence-corrected chi connectivity index (χ3v) is 7.34. The first-order chi connectivity index (χ1) is 17.4. The minimum absolute atomic E-state index is 0.00291. The van der Waals surface area contributed by atoms with Crippen LogP contribution in [0.1, 0.15) is 75.3 Å². The van der Waals surface area contributed by atoms with Crippen LogP contribution in [0.3, 0.4) is 0 Å². The molecule has 2 heterocycles. The number of unbranched alkanes of at least 4 members (excludes halogenated alkanes) is 2. The van der Waals surface area contributed by atoms with Gasteiger partial charge in [0.05, 0.1) is 30.8 Å². The molecule has 36 heavy (non-hydrogen) atoms. The first kappa shape index (κ1) is 26.2. The van der Waals surface area contributed by atoms with Gasteiger partial charge < -0.3 is 15.0 Å². The molecule has 1 fully saturated rings. The normalized spacial score (nSPS) is 21.4. The Balaban J connectivity index is 1.49. The van der Waals surface area contributed by atoms with Crippen LogP contribution in [0.15, 0.2) is 30.3 Å². The SMILES string of the molecule is CCCCCC1CN(CC(=O)NC2CCC[C@@H]2C(=O)OCC)C(=O)c2cc(-c3ccc(Cl)cc3)nn21. The van der Waals surface area contributed by atoms with E-state index in [1.54, 1.807) is 30.0 Å². The number of carbonyl (C=O) groups is 3. The Morgan fingerprint density at radius 1 is 1.17 bits per heavy atom. The van der Waals surface area contributed by atoms with Crippen LogP contribution in [0, 0.1) is 5.92 Å². The van der Waals surface area contributed by atoms with E-state index in [9.17, 15) is 14.4 Å². The van der Waals surface area contributed by atoms with Crippen LogP contribution in [-0.2, 0) is 14.3 Å². The molecule has 1 aliphatic carbocycles. The molecule has 194 valence electrons. The lowest BCUT2D eigenvalue weighted by atomic mass is 10.0. The zero-order chi connectivity index (χ0) is 25.7. The predicted molar refractivity (Wildman–Crippen MR) is 138 cm³/mol. The maximum absolute atomic E-state index is 13.4.